The molecule has 5 heterocycles. The molecule has 2 saturated heterocycles. The number of aliphatic carboxylic acids is 2. The first kappa shape index (κ1) is 111. The lowest BCUT2D eigenvalue weighted by molar-refractivity contribution is -0.253. The number of ketones is 8. The van der Waals surface area contributed by atoms with Crippen LogP contribution in [0.3, 0.4) is 0 Å². The molecule has 0 spiro atoms. The van der Waals surface area contributed by atoms with Crippen molar-refractivity contribution in [2.24, 2.45) is 70.6 Å². The number of rotatable bonds is 59. The number of aromatic amines is 3. The number of para-hydroxylation sites is 1. The van der Waals surface area contributed by atoms with Crippen molar-refractivity contribution in [3.05, 3.63) is 108 Å². The maximum absolute atomic E-state index is 14.5. The number of unbranched alkanes of at least 4 members (excludes halogenated alkanes) is 2. The van der Waals surface area contributed by atoms with Crippen LogP contribution in [0.5, 0.6) is 0 Å². The number of aliphatic hydroxyl groups is 5. The van der Waals surface area contributed by atoms with Gasteiger partial charge in [-0.2, -0.15) is 0 Å². The van der Waals surface area contributed by atoms with Crippen LogP contribution < -0.4 is 43.9 Å². The van der Waals surface area contributed by atoms with Gasteiger partial charge >= 0.3 is 11.9 Å². The number of nitrogens with two attached hydrogens (primary N) is 3. The molecule has 724 valence electrons. The van der Waals surface area contributed by atoms with Gasteiger partial charge in [-0.15, -0.1) is 0 Å². The summed E-state index contributed by atoms with van der Waals surface area (Å²) in [6.45, 7) is 10.9. The zero-order chi connectivity index (χ0) is 97.0. The Bertz CT molecular complexity index is 4490. The fourth-order valence-corrected chi connectivity index (χ4v) is 16.2. The number of hydrogen-bond acceptors (Lipinski definition) is 28. The number of H-pyrrole nitrogens is 3. The van der Waals surface area contributed by atoms with Crippen LogP contribution in [0, 0.1) is 53.3 Å². The molecule has 0 bridgehead atoms. The summed E-state index contributed by atoms with van der Waals surface area (Å²) >= 11 is 0. The number of Topliss-reactive ketones (excluding diaryl/α,β-unsaturated/α-hetero) is 8. The van der Waals surface area contributed by atoms with Crippen LogP contribution >= 0.6 is 0 Å². The average molecular weight is 1840 g/mol. The van der Waals surface area contributed by atoms with Crippen molar-refractivity contribution >= 4 is 105 Å². The monoisotopic (exact) mass is 1840 g/mol. The molecule has 0 aliphatic carbocycles. The fourth-order valence-electron chi connectivity index (χ4n) is 16.2. The van der Waals surface area contributed by atoms with Gasteiger partial charge in [0.15, 0.2) is 29.4 Å². The summed E-state index contributed by atoms with van der Waals surface area (Å²) in [6.07, 6.45) is 5.96. The Labute approximate surface area is 761 Å². The lowest BCUT2D eigenvalue weighted by atomic mass is 9.81. The molecule has 2 fully saturated rings. The van der Waals surface area contributed by atoms with Crippen molar-refractivity contribution < 1.29 is 122 Å². The van der Waals surface area contributed by atoms with Crippen LogP contribution in [0.25, 0.3) is 10.9 Å². The summed E-state index contributed by atoms with van der Waals surface area (Å²) in [4.78, 5) is 231. The predicted molar refractivity (Wildman–Crippen MR) is 477 cm³/mol. The average Bonchev–Trinajstić information content (AvgIpc) is 1.05. The summed E-state index contributed by atoms with van der Waals surface area (Å²) in [5.74, 6) is -9.46. The zero-order valence-corrected chi connectivity index (χ0v) is 75.9. The number of carboxylic acid groups (broad SMARTS) is 2. The summed E-state index contributed by atoms with van der Waals surface area (Å²) in [5.41, 5.74) is 15.2. The Morgan fingerprint density at radius 3 is 1.73 bits per heavy atom. The number of fused-ring (bicyclic) bond motifs is 1. The number of carbonyl (C=O) groups is 16. The standard InChI is InChI=1S/C55H81N11O11.C29H40N2O8.C8H15NO6/c1-33(2)16-37(23-51(72)48(29-67)66-55(76)47(64-52(73)30-77-57)24-41-27-59-32-63-41)53(74)61-28-43(69)21-36(10-8-9-15-56)50(71)22-38(20-39-25-60-45-12-7-6-11-44(39)45)54(75)65-46(17-34(3)4)49(70)14-13-42(68)19-35(5)18-40-26-58-31-62-40;1-19(32)31-13-7-11-24(31)27(35)16-22(18-28(36)37)26(34)15-21(10-5-6-12-30)25(33)17-23(29(38)39)14-20-8-3-2-4-9-20;1-3(11)9-5-7(13)6(12)4(2-10)15-8(5)14/h6-7,11-12,25-27,31-38,46-48,60,67H,8-10,13-24,28-30,56-57H2,1-5H3,(H,58,62)(H,59,63)(H,61,74)(H,64,73)(H,65,75)(H,66,76);2-4,8-9,21-24H,5-7,10-18,30H2,1H3,(H,36,37)(H,38,39);4-8,10,12-14H,2H2,1H3,(H,9,11). The second-order valence-electron chi connectivity index (χ2n) is 34.9. The van der Waals surface area contributed by atoms with Gasteiger partial charge in [0, 0.05) is 155 Å². The lowest BCUT2D eigenvalue weighted by Gasteiger charge is -2.40. The molecule has 5 aromatic rings. The zero-order valence-electron chi connectivity index (χ0n) is 75.9. The summed E-state index contributed by atoms with van der Waals surface area (Å²) in [6, 6.07) is 11.2. The molecule has 3 aromatic heterocycles. The highest BCUT2D eigenvalue weighted by Gasteiger charge is 2.45. The number of ether oxygens (including phenoxy) is 1. The molecule has 39 nitrogen and oxygen atoms in total. The molecular weight excluding hydrogens is 1700 g/mol. The van der Waals surface area contributed by atoms with E-state index in [4.69, 9.17) is 27.2 Å². The van der Waals surface area contributed by atoms with Crippen LogP contribution in [0.2, 0.25) is 0 Å². The van der Waals surface area contributed by atoms with Crippen molar-refractivity contribution in [3.63, 3.8) is 0 Å². The molecule has 0 saturated carbocycles. The number of nitrogens with zero attached hydrogens (tertiary/aromatic N) is 3. The van der Waals surface area contributed by atoms with Gasteiger partial charge in [-0.3, -0.25) is 81.6 Å². The largest absolute Gasteiger partial charge is 0.481 e. The number of nitrogens with one attached hydrogen (secondary N) is 8. The first-order valence-corrected chi connectivity index (χ1v) is 44.8. The minimum atomic E-state index is -1.45. The minimum Gasteiger partial charge on any atom is -0.481 e. The van der Waals surface area contributed by atoms with E-state index in [0.29, 0.717) is 83.1 Å². The summed E-state index contributed by atoms with van der Waals surface area (Å²) in [7, 11) is 0. The van der Waals surface area contributed by atoms with E-state index < -0.39 is 188 Å². The van der Waals surface area contributed by atoms with Crippen molar-refractivity contribution in [1.29, 1.82) is 0 Å². The Hall–Kier alpha value is -10.9. The second-order valence-corrected chi connectivity index (χ2v) is 34.9. The van der Waals surface area contributed by atoms with Crippen molar-refractivity contribution in [3.8, 4) is 0 Å². The molecule has 0 radical (unpaired) electrons. The third-order valence-electron chi connectivity index (χ3n) is 23.1. The van der Waals surface area contributed by atoms with Crippen molar-refractivity contribution in [2.75, 3.05) is 46.0 Å². The van der Waals surface area contributed by atoms with E-state index in [0.717, 1.165) is 27.7 Å². The van der Waals surface area contributed by atoms with Gasteiger partial charge in [-0.05, 0) is 119 Å². The van der Waals surface area contributed by atoms with E-state index in [-0.39, 0.29) is 136 Å². The molecule has 21 N–H and O–H groups in total. The van der Waals surface area contributed by atoms with Gasteiger partial charge in [0.1, 0.15) is 66.2 Å². The van der Waals surface area contributed by atoms with Crippen LogP contribution in [0.1, 0.15) is 199 Å². The Balaban J connectivity index is 0.000000460. The number of imidazole rings is 2. The van der Waals surface area contributed by atoms with Crippen molar-refractivity contribution in [1.82, 2.24) is 56.4 Å². The topological polar surface area (TPSA) is 648 Å². The maximum Gasteiger partial charge on any atom is 0.307 e. The number of carboxylic acids is 2. The molecule has 2 aliphatic rings. The maximum atomic E-state index is 14.5. The summed E-state index contributed by atoms with van der Waals surface area (Å²) in [5, 5.41) is 80.2. The fraction of sp³-hybridized carbons (Fsp3) is 0.609. The molecule has 2 aromatic carbocycles. The van der Waals surface area contributed by atoms with Crippen LogP contribution in [0.4, 0.5) is 0 Å². The smallest absolute Gasteiger partial charge is 0.307 e. The van der Waals surface area contributed by atoms with Gasteiger partial charge in [-0.25, -0.2) is 15.9 Å². The van der Waals surface area contributed by atoms with E-state index >= 15 is 0 Å². The van der Waals surface area contributed by atoms with E-state index in [1.54, 1.807) is 43.0 Å². The van der Waals surface area contributed by atoms with Crippen LogP contribution in [-0.2, 0) is 112 Å². The highest BCUT2D eigenvalue weighted by molar-refractivity contribution is 5.99. The third kappa shape index (κ3) is 39.2. The number of benzene rings is 2. The summed E-state index contributed by atoms with van der Waals surface area (Å²) < 4.78 is 4.81. The predicted octanol–water partition coefficient (Wildman–Crippen LogP) is 2.56. The Morgan fingerprint density at radius 1 is 0.573 bits per heavy atom. The molecule has 7 rings (SSSR count). The van der Waals surface area contributed by atoms with Gasteiger partial charge < -0.3 is 98.4 Å². The molecule has 131 heavy (non-hydrogen) atoms. The number of carbonyl (C=O) groups excluding carboxylic acids is 14. The SMILES string of the molecule is CC(=O)N1CCCC1C(=O)CC(CC(=O)O)C(=O)CC(CCCCN)C(=O)CC(Cc1ccccc1)C(=O)O.CC(=O)NC1C(O)OC(CO)C(O)C1O.CC(C)CC(CC(=O)C(CO)NC(=O)C(Cc1cnc[nH]1)NC(=O)CON)C(=O)NCC(=O)CC(CCCCN)C(=O)CC(Cc1c[nH]c2ccccc12)C(=O)NC(CC(C)C)C(=O)CCC(=O)CC(C)Cc1cnc[nH]1. The molecular formula is C92H136N14O25. The Morgan fingerprint density at radius 2 is 1.16 bits per heavy atom. The van der Waals surface area contributed by atoms with Gasteiger partial charge in [-0.1, -0.05) is 96.0 Å². The van der Waals surface area contributed by atoms with Crippen molar-refractivity contribution in [2.45, 2.75) is 257 Å². The molecule has 16 atom stereocenters. The van der Waals surface area contributed by atoms with E-state index in [1.807, 2.05) is 65.0 Å². The normalized spacial score (nSPS) is 18.3. The second kappa shape index (κ2) is 58.1. The van der Waals surface area contributed by atoms with Gasteiger partial charge in [0.05, 0.1) is 56.8 Å². The van der Waals surface area contributed by atoms with Gasteiger partial charge in [0.2, 0.25) is 35.4 Å². The first-order valence-electron chi connectivity index (χ1n) is 44.8. The van der Waals surface area contributed by atoms with Gasteiger partial charge in [0.25, 0.3) is 0 Å². The number of amides is 6. The molecule has 6 amide bonds. The van der Waals surface area contributed by atoms with E-state index in [1.165, 1.54) is 31.3 Å². The number of hydrogen-bond donors (Lipinski definition) is 18. The number of likely N-dealkylation sites (tertiary alicyclic amines) is 1. The highest BCUT2D eigenvalue weighted by Crippen LogP contribution is 2.31. The highest BCUT2D eigenvalue weighted by atomic mass is 16.6. The molecule has 39 heteroatoms. The lowest BCUT2D eigenvalue weighted by Crippen LogP contribution is -2.63. The van der Waals surface area contributed by atoms with Crippen LogP contribution in [0.15, 0.2) is 85.8 Å². The minimum absolute atomic E-state index is 0.00438. The van der Waals surface area contributed by atoms with E-state index in [9.17, 15) is 107 Å². The third-order valence-corrected chi connectivity index (χ3v) is 23.1. The van der Waals surface area contributed by atoms with E-state index in [2.05, 4.69) is 56.3 Å². The Kier molecular flexibility index (Phi) is 49.1. The number of aromatic nitrogens is 5. The van der Waals surface area contributed by atoms with Crippen LogP contribution in [-0.4, -0.2) is 260 Å². The molecule has 2 aliphatic heterocycles. The quantitative estimate of drug-likeness (QED) is 0.0196. The number of aliphatic hydroxyl groups excluding tert-OH is 5. The first-order chi connectivity index (χ1) is 62.3. The molecule has 16 unspecified atom stereocenters.